The minimum Gasteiger partial charge on any atom is -0.285 e. The summed E-state index contributed by atoms with van der Waals surface area (Å²) in [7, 11) is -0.953. The molecule has 9 heteroatoms. The highest BCUT2D eigenvalue weighted by Crippen LogP contribution is 2.51. The van der Waals surface area contributed by atoms with Gasteiger partial charge in [-0.05, 0) is 23.3 Å². The zero-order valence-electron chi connectivity index (χ0n) is 11.6. The highest BCUT2D eigenvalue weighted by Gasteiger charge is 2.27. The fraction of sp³-hybridized carbons (Fsp3) is 0.143. The maximum absolute atomic E-state index is 8.60. The standard InChI is InChI=1S/C14H12ClNS2.ClHO4/c15-12-8-6-11(7-9-12)14-16-13(17-18-14)10-4-2-1-3-5-10;2-1(3,4)5/h1-9,13-14,16H;(H,2,3,4,5). The van der Waals surface area contributed by atoms with Gasteiger partial charge in [-0.1, -0.05) is 75.7 Å². The van der Waals surface area contributed by atoms with E-state index in [4.69, 9.17) is 30.2 Å². The molecular formula is C14H13Cl2NO4S2. The Hall–Kier alpha value is -0.480. The summed E-state index contributed by atoms with van der Waals surface area (Å²) in [4.78, 5) is 0. The van der Waals surface area contributed by atoms with Crippen molar-refractivity contribution >= 4 is 33.2 Å². The normalized spacial score (nSPS) is 20.7. The van der Waals surface area contributed by atoms with Crippen LogP contribution in [0.2, 0.25) is 5.02 Å². The van der Waals surface area contributed by atoms with E-state index >= 15 is 0 Å². The molecule has 0 amide bonds. The second-order valence-corrected chi connectivity index (χ2v) is 8.19. The van der Waals surface area contributed by atoms with Gasteiger partial charge >= 0.3 is 0 Å². The molecule has 0 spiro atoms. The van der Waals surface area contributed by atoms with Crippen LogP contribution in [0.5, 0.6) is 0 Å². The third-order valence-corrected chi connectivity index (χ3v) is 5.88. The predicted octanol–water partition coefficient (Wildman–Crippen LogP) is 0.898. The van der Waals surface area contributed by atoms with E-state index in [9.17, 15) is 0 Å². The van der Waals surface area contributed by atoms with Gasteiger partial charge in [-0.25, -0.2) is 0 Å². The lowest BCUT2D eigenvalue weighted by atomic mass is 10.2. The molecule has 0 radical (unpaired) electrons. The molecule has 0 bridgehead atoms. The lowest BCUT2D eigenvalue weighted by Gasteiger charge is -2.12. The summed E-state index contributed by atoms with van der Waals surface area (Å²) in [5, 5.41) is 5.10. The fourth-order valence-corrected chi connectivity index (χ4v) is 4.89. The lowest BCUT2D eigenvalue weighted by molar-refractivity contribution is -1.92. The summed E-state index contributed by atoms with van der Waals surface area (Å²) < 4.78 is 32.7. The minimum absolute atomic E-state index is 0.331. The third kappa shape index (κ3) is 6.88. The van der Waals surface area contributed by atoms with Crippen molar-refractivity contribution in [3.05, 3.63) is 70.7 Å². The first-order valence-corrected chi connectivity index (χ1v) is 10.3. The van der Waals surface area contributed by atoms with Crippen LogP contribution < -0.4 is 19.3 Å². The molecule has 1 heterocycles. The van der Waals surface area contributed by atoms with E-state index in [-0.39, 0.29) is 0 Å². The van der Waals surface area contributed by atoms with E-state index in [1.165, 1.54) is 11.1 Å². The van der Waals surface area contributed by atoms with E-state index < -0.39 is 10.2 Å². The van der Waals surface area contributed by atoms with Gasteiger partial charge in [0.25, 0.3) is 0 Å². The van der Waals surface area contributed by atoms with Crippen LogP contribution in [0.3, 0.4) is 0 Å². The minimum atomic E-state index is -4.69. The summed E-state index contributed by atoms with van der Waals surface area (Å²) >= 11 is 5.91. The number of halogens is 2. The maximum atomic E-state index is 8.60. The van der Waals surface area contributed by atoms with Crippen molar-refractivity contribution in [2.24, 2.45) is 0 Å². The van der Waals surface area contributed by atoms with Crippen LogP contribution in [0.15, 0.2) is 54.6 Å². The van der Waals surface area contributed by atoms with Crippen LogP contribution in [0.4, 0.5) is 0 Å². The fourth-order valence-electron chi connectivity index (χ4n) is 1.87. The molecule has 2 aromatic carbocycles. The van der Waals surface area contributed by atoms with Gasteiger partial charge in [0.05, 0.1) is 25.6 Å². The zero-order valence-corrected chi connectivity index (χ0v) is 14.7. The van der Waals surface area contributed by atoms with Crippen LogP contribution in [-0.2, 0) is 0 Å². The van der Waals surface area contributed by atoms with Gasteiger partial charge in [-0.2, -0.15) is 14.0 Å². The van der Waals surface area contributed by atoms with E-state index in [1.807, 2.05) is 39.8 Å². The van der Waals surface area contributed by atoms with E-state index in [2.05, 4.69) is 41.7 Å². The molecule has 1 aliphatic rings. The molecule has 2 unspecified atom stereocenters. The molecule has 23 heavy (non-hydrogen) atoms. The largest absolute Gasteiger partial charge is 0.285 e. The SMILES string of the molecule is Clc1ccc(C2NC(c3ccccc3)SS2)cc1.[O-][Cl+3]([O-])([O-])O. The smallest absolute Gasteiger partial charge is 0.0904 e. The molecule has 1 saturated heterocycles. The zero-order chi connectivity index (χ0) is 16.9. The van der Waals surface area contributed by atoms with Crippen molar-refractivity contribution in [1.29, 1.82) is 0 Å². The summed E-state index contributed by atoms with van der Waals surface area (Å²) in [6.45, 7) is 0. The van der Waals surface area contributed by atoms with Crippen molar-refractivity contribution < 1.29 is 28.9 Å². The summed E-state index contributed by atoms with van der Waals surface area (Å²) in [6.07, 6.45) is 0. The number of hydrogen-bond acceptors (Lipinski definition) is 7. The first-order chi connectivity index (χ1) is 10.8. The third-order valence-electron chi connectivity index (χ3n) is 2.83. The Bertz CT molecular complexity index is 604. The molecule has 1 aliphatic heterocycles. The Morgan fingerprint density at radius 3 is 1.78 bits per heavy atom. The average Bonchev–Trinajstić information content (AvgIpc) is 2.97. The van der Waals surface area contributed by atoms with E-state index in [1.54, 1.807) is 0 Å². The molecule has 1 fully saturated rings. The molecule has 2 aromatic rings. The van der Waals surface area contributed by atoms with Crippen molar-refractivity contribution in [3.63, 3.8) is 0 Å². The maximum Gasteiger partial charge on any atom is 0.0904 e. The Kier molecular flexibility index (Phi) is 7.02. The van der Waals surface area contributed by atoms with E-state index in [0.29, 0.717) is 10.7 Å². The molecule has 5 nitrogen and oxygen atoms in total. The van der Waals surface area contributed by atoms with Gasteiger partial charge in [0.1, 0.15) is 0 Å². The van der Waals surface area contributed by atoms with Gasteiger partial charge in [0.15, 0.2) is 0 Å². The summed E-state index contributed by atoms with van der Waals surface area (Å²) in [5.41, 5.74) is 2.60. The first-order valence-electron chi connectivity index (χ1n) is 6.35. The quantitative estimate of drug-likeness (QED) is 0.730. The predicted molar refractivity (Wildman–Crippen MR) is 83.9 cm³/mol. The van der Waals surface area contributed by atoms with Gasteiger partial charge in [0.2, 0.25) is 0 Å². The van der Waals surface area contributed by atoms with Crippen molar-refractivity contribution in [2.45, 2.75) is 10.7 Å². The summed E-state index contributed by atoms with van der Waals surface area (Å²) in [6, 6.07) is 18.6. The molecule has 0 aromatic heterocycles. The Balaban J connectivity index is 0.000000338. The lowest BCUT2D eigenvalue weighted by Crippen LogP contribution is -2.58. The van der Waals surface area contributed by atoms with Crippen LogP contribution in [0.25, 0.3) is 0 Å². The topological polar surface area (TPSA) is 101 Å². The van der Waals surface area contributed by atoms with Crippen LogP contribution in [0.1, 0.15) is 21.9 Å². The Morgan fingerprint density at radius 1 is 0.870 bits per heavy atom. The molecule has 124 valence electrons. The molecule has 3 rings (SSSR count). The number of benzene rings is 2. The van der Waals surface area contributed by atoms with Gasteiger partial charge in [-0.3, -0.25) is 5.32 Å². The molecule has 2 atom stereocenters. The van der Waals surface area contributed by atoms with Crippen LogP contribution in [0, 0.1) is 10.2 Å². The molecule has 0 saturated carbocycles. The number of hydrogen-bond donors (Lipinski definition) is 2. The average molecular weight is 394 g/mol. The summed E-state index contributed by atoms with van der Waals surface area (Å²) in [5.74, 6) is 0. The van der Waals surface area contributed by atoms with Crippen LogP contribution in [-0.4, -0.2) is 4.66 Å². The van der Waals surface area contributed by atoms with Crippen molar-refractivity contribution in [2.75, 3.05) is 0 Å². The molecule has 2 N–H and O–H groups in total. The van der Waals surface area contributed by atoms with Crippen molar-refractivity contribution in [3.8, 4) is 0 Å². The van der Waals surface area contributed by atoms with Gasteiger partial charge in [-0.15, -0.1) is 0 Å². The van der Waals surface area contributed by atoms with Gasteiger partial charge < -0.3 is 0 Å². The monoisotopic (exact) mass is 393 g/mol. The highest BCUT2D eigenvalue weighted by atomic mass is 35.7. The van der Waals surface area contributed by atoms with Crippen LogP contribution >= 0.6 is 33.2 Å². The number of nitrogens with one attached hydrogen (secondary N) is 1. The number of rotatable bonds is 2. The second-order valence-electron chi connectivity index (χ2n) is 4.48. The Labute approximate surface area is 148 Å². The van der Waals surface area contributed by atoms with E-state index in [0.717, 1.165) is 5.02 Å². The first kappa shape index (κ1) is 18.9. The molecule has 0 aliphatic carbocycles. The Morgan fingerprint density at radius 2 is 1.30 bits per heavy atom. The van der Waals surface area contributed by atoms with Crippen molar-refractivity contribution in [1.82, 2.24) is 5.32 Å². The second kappa shape index (κ2) is 8.57. The highest BCUT2D eigenvalue weighted by molar-refractivity contribution is 8.77. The molecular weight excluding hydrogens is 381 g/mol. The van der Waals surface area contributed by atoms with Gasteiger partial charge in [0, 0.05) is 5.02 Å².